The molecule has 1 unspecified atom stereocenters. The van der Waals surface area contributed by atoms with E-state index in [2.05, 4.69) is 20.8 Å². The van der Waals surface area contributed by atoms with Crippen LogP contribution < -0.4 is 0 Å². The molecule has 0 radical (unpaired) electrons. The first kappa shape index (κ1) is 12.9. The Kier molecular flexibility index (Phi) is 3.97. The van der Waals surface area contributed by atoms with E-state index in [4.69, 9.17) is 0 Å². The second kappa shape index (κ2) is 3.99. The highest BCUT2D eigenvalue weighted by molar-refractivity contribution is 7.73. The van der Waals surface area contributed by atoms with Crippen LogP contribution >= 0.6 is 0 Å². The molecule has 0 aromatic rings. The van der Waals surface area contributed by atoms with Crippen molar-refractivity contribution in [1.82, 2.24) is 0 Å². The predicted octanol–water partition coefficient (Wildman–Crippen LogP) is 2.45. The first-order valence-corrected chi connectivity index (χ1v) is 5.92. The third-order valence-corrected chi connectivity index (χ3v) is 3.53. The van der Waals surface area contributed by atoms with Gasteiger partial charge in [0.2, 0.25) is 0 Å². The molecule has 0 rings (SSSR count). The molecule has 0 aliphatic heterocycles. The molecule has 0 aromatic carbocycles. The van der Waals surface area contributed by atoms with E-state index in [1.807, 2.05) is 20.8 Å². The van der Waals surface area contributed by atoms with Gasteiger partial charge in [0.05, 0.1) is 5.25 Å². The van der Waals surface area contributed by atoms with Gasteiger partial charge in [-0.2, -0.15) is 0 Å². The smallest absolute Gasteiger partial charge is 0.143 e. The van der Waals surface area contributed by atoms with Gasteiger partial charge in [0.25, 0.3) is 0 Å². The van der Waals surface area contributed by atoms with Crippen molar-refractivity contribution in [2.24, 2.45) is 10.8 Å². The van der Waals surface area contributed by atoms with Crippen LogP contribution in [0.5, 0.6) is 0 Å². The second-order valence-corrected chi connectivity index (χ2v) is 7.13. The number of rotatable bonds is 2. The molecular formula is C10H22O2S. The Morgan fingerprint density at radius 3 is 1.46 bits per heavy atom. The van der Waals surface area contributed by atoms with Crippen LogP contribution in [0.1, 0.15) is 48.0 Å². The van der Waals surface area contributed by atoms with Gasteiger partial charge in [0.15, 0.2) is 0 Å². The molecule has 1 atom stereocenters. The van der Waals surface area contributed by atoms with Crippen LogP contribution in [-0.4, -0.2) is 13.7 Å². The Morgan fingerprint density at radius 1 is 1.00 bits per heavy atom. The average molecular weight is 206 g/mol. The summed E-state index contributed by atoms with van der Waals surface area (Å²) in [7, 11) is -2.32. The summed E-state index contributed by atoms with van der Waals surface area (Å²) in [6.07, 6.45) is 0.731. The van der Waals surface area contributed by atoms with Crippen molar-refractivity contribution in [3.05, 3.63) is 0 Å². The van der Waals surface area contributed by atoms with Gasteiger partial charge in [-0.25, -0.2) is 8.42 Å². The maximum absolute atomic E-state index is 11.1. The lowest BCUT2D eigenvalue weighted by Gasteiger charge is -2.31. The zero-order valence-electron chi connectivity index (χ0n) is 9.55. The van der Waals surface area contributed by atoms with E-state index in [1.165, 1.54) is 0 Å². The molecule has 0 saturated carbocycles. The van der Waals surface area contributed by atoms with Crippen molar-refractivity contribution < 1.29 is 8.42 Å². The Bertz CT molecular complexity index is 220. The normalized spacial score (nSPS) is 16.2. The zero-order valence-corrected chi connectivity index (χ0v) is 10.4. The molecule has 0 bridgehead atoms. The molecule has 0 N–H and O–H groups in total. The van der Waals surface area contributed by atoms with Gasteiger partial charge in [-0.3, -0.25) is 0 Å². The lowest BCUT2D eigenvalue weighted by molar-refractivity contribution is 0.279. The Hall–Kier alpha value is -0.0500. The first-order valence-electron chi connectivity index (χ1n) is 4.67. The molecule has 3 heteroatoms. The highest BCUT2D eigenvalue weighted by atomic mass is 32.2. The molecule has 0 aliphatic carbocycles. The molecule has 0 amide bonds. The first-order chi connectivity index (χ1) is 5.54. The van der Waals surface area contributed by atoms with E-state index in [1.54, 1.807) is 0 Å². The second-order valence-electron chi connectivity index (χ2n) is 5.93. The standard InChI is InChI=1S/C10H22O2S/c1-9(2,3)7-8(13(11)12)10(4,5)6/h8,13H,7H2,1-6H3. The largest absolute Gasteiger partial charge is 0.232 e. The van der Waals surface area contributed by atoms with Crippen LogP contribution in [0.25, 0.3) is 0 Å². The van der Waals surface area contributed by atoms with Gasteiger partial charge in [0, 0.05) is 0 Å². The van der Waals surface area contributed by atoms with E-state index in [9.17, 15) is 8.42 Å². The zero-order chi connectivity index (χ0) is 10.9. The highest BCUT2D eigenvalue weighted by Gasteiger charge is 2.31. The van der Waals surface area contributed by atoms with Gasteiger partial charge in [0.1, 0.15) is 10.7 Å². The summed E-state index contributed by atoms with van der Waals surface area (Å²) < 4.78 is 22.1. The summed E-state index contributed by atoms with van der Waals surface area (Å²) in [5.41, 5.74) is -0.0736. The minimum absolute atomic E-state index is 0.0767. The van der Waals surface area contributed by atoms with Crippen LogP contribution in [-0.2, 0) is 10.7 Å². The SMILES string of the molecule is CC(C)(C)CC([SH](=O)=O)C(C)(C)C. The van der Waals surface area contributed by atoms with Crippen LogP contribution in [0.2, 0.25) is 0 Å². The van der Waals surface area contributed by atoms with Crippen molar-refractivity contribution in [2.45, 2.75) is 53.2 Å². The molecule has 0 fully saturated rings. The van der Waals surface area contributed by atoms with E-state index in [0.29, 0.717) is 0 Å². The van der Waals surface area contributed by atoms with Crippen molar-refractivity contribution in [2.75, 3.05) is 0 Å². The molecule has 80 valence electrons. The molecule has 2 nitrogen and oxygen atoms in total. The summed E-state index contributed by atoms with van der Waals surface area (Å²) in [6.45, 7) is 12.2. The molecular weight excluding hydrogens is 184 g/mol. The van der Waals surface area contributed by atoms with Gasteiger partial charge in [-0.1, -0.05) is 41.5 Å². The maximum Gasteiger partial charge on any atom is 0.143 e. The van der Waals surface area contributed by atoms with Crippen LogP contribution in [0.4, 0.5) is 0 Å². The Morgan fingerprint density at radius 2 is 1.38 bits per heavy atom. The van der Waals surface area contributed by atoms with Gasteiger partial charge in [-0.05, 0) is 17.3 Å². The third kappa shape index (κ3) is 5.29. The van der Waals surface area contributed by atoms with E-state index in [-0.39, 0.29) is 16.1 Å². The maximum atomic E-state index is 11.1. The number of hydrogen-bond acceptors (Lipinski definition) is 2. The highest BCUT2D eigenvalue weighted by Crippen LogP contribution is 2.32. The van der Waals surface area contributed by atoms with Crippen LogP contribution in [0, 0.1) is 10.8 Å². The average Bonchev–Trinajstić information content (AvgIpc) is 1.77. The molecule has 0 spiro atoms. The van der Waals surface area contributed by atoms with Gasteiger partial charge < -0.3 is 0 Å². The monoisotopic (exact) mass is 206 g/mol. The van der Waals surface area contributed by atoms with Crippen molar-refractivity contribution >= 4 is 10.7 Å². The summed E-state index contributed by atoms with van der Waals surface area (Å²) in [6, 6.07) is 0. The molecule has 0 heterocycles. The topological polar surface area (TPSA) is 34.1 Å². The fourth-order valence-corrected chi connectivity index (χ4v) is 2.61. The number of thiol groups is 1. The summed E-state index contributed by atoms with van der Waals surface area (Å²) in [5, 5.41) is -0.220. The molecule has 0 aromatic heterocycles. The van der Waals surface area contributed by atoms with E-state index >= 15 is 0 Å². The third-order valence-electron chi connectivity index (χ3n) is 2.06. The van der Waals surface area contributed by atoms with Crippen molar-refractivity contribution in [3.63, 3.8) is 0 Å². The van der Waals surface area contributed by atoms with E-state index < -0.39 is 10.7 Å². The lowest BCUT2D eigenvalue weighted by Crippen LogP contribution is -2.31. The molecule has 13 heavy (non-hydrogen) atoms. The molecule has 0 saturated heterocycles. The Labute approximate surface area is 83.7 Å². The van der Waals surface area contributed by atoms with Gasteiger partial charge in [-0.15, -0.1) is 0 Å². The molecule has 0 aliphatic rings. The van der Waals surface area contributed by atoms with Crippen molar-refractivity contribution in [1.29, 1.82) is 0 Å². The summed E-state index contributed by atoms with van der Waals surface area (Å²) >= 11 is 0. The summed E-state index contributed by atoms with van der Waals surface area (Å²) in [5.74, 6) is 0. The van der Waals surface area contributed by atoms with Crippen LogP contribution in [0.3, 0.4) is 0 Å². The fourth-order valence-electron chi connectivity index (χ4n) is 1.28. The fraction of sp³-hybridized carbons (Fsp3) is 1.00. The summed E-state index contributed by atoms with van der Waals surface area (Å²) in [4.78, 5) is 0. The number of hydrogen-bond donors (Lipinski definition) is 1. The predicted molar refractivity (Wildman–Crippen MR) is 57.6 cm³/mol. The minimum Gasteiger partial charge on any atom is -0.232 e. The Balaban J connectivity index is 4.67. The van der Waals surface area contributed by atoms with Crippen LogP contribution in [0.15, 0.2) is 0 Å². The van der Waals surface area contributed by atoms with E-state index in [0.717, 1.165) is 6.42 Å². The minimum atomic E-state index is -2.32. The quantitative estimate of drug-likeness (QED) is 0.704. The van der Waals surface area contributed by atoms with Gasteiger partial charge >= 0.3 is 0 Å². The lowest BCUT2D eigenvalue weighted by atomic mass is 9.81. The van der Waals surface area contributed by atoms with Crippen molar-refractivity contribution in [3.8, 4) is 0 Å².